The van der Waals surface area contributed by atoms with Gasteiger partial charge in [0.2, 0.25) is 0 Å². The van der Waals surface area contributed by atoms with Gasteiger partial charge in [-0.05, 0) is 18.2 Å². The minimum Gasteiger partial charge on any atom is -0.421 e. The molecule has 1 aromatic carbocycles. The molecule has 114 valence electrons. The second-order valence-electron chi connectivity index (χ2n) is 5.08. The zero-order chi connectivity index (χ0) is 16.0. The molecular formula is C16H11N3O3S. The van der Waals surface area contributed by atoms with Gasteiger partial charge in [0, 0.05) is 16.3 Å². The van der Waals surface area contributed by atoms with E-state index in [-0.39, 0.29) is 11.3 Å². The van der Waals surface area contributed by atoms with Crippen LogP contribution in [0.1, 0.15) is 5.69 Å². The Morgan fingerprint density at radius 1 is 1.09 bits per heavy atom. The van der Waals surface area contributed by atoms with Gasteiger partial charge >= 0.3 is 11.2 Å². The van der Waals surface area contributed by atoms with Crippen LogP contribution in [0, 0.1) is 0 Å². The van der Waals surface area contributed by atoms with E-state index in [0.717, 1.165) is 10.1 Å². The maximum atomic E-state index is 12.4. The average molecular weight is 325 g/mol. The van der Waals surface area contributed by atoms with Crippen LogP contribution in [0.15, 0.2) is 58.3 Å². The molecule has 0 saturated carbocycles. The molecule has 7 heteroatoms. The van der Waals surface area contributed by atoms with Crippen molar-refractivity contribution in [2.45, 2.75) is 6.54 Å². The number of fused-ring (bicyclic) bond motifs is 3. The summed E-state index contributed by atoms with van der Waals surface area (Å²) in [6.45, 7) is 0.178. The SMILES string of the molecule is O=c1c2sc3ccccc3c2n(Cc2ccccn2)c(=O)n1O. The second kappa shape index (κ2) is 5.06. The number of rotatable bonds is 2. The lowest BCUT2D eigenvalue weighted by atomic mass is 10.2. The highest BCUT2D eigenvalue weighted by molar-refractivity contribution is 7.25. The summed E-state index contributed by atoms with van der Waals surface area (Å²) in [5, 5.41) is 10.7. The van der Waals surface area contributed by atoms with Crippen LogP contribution in [0.4, 0.5) is 0 Å². The van der Waals surface area contributed by atoms with Crippen molar-refractivity contribution in [3.05, 3.63) is 75.2 Å². The van der Waals surface area contributed by atoms with Crippen molar-refractivity contribution in [2.24, 2.45) is 0 Å². The first-order valence-electron chi connectivity index (χ1n) is 6.93. The molecule has 1 N–H and O–H groups in total. The van der Waals surface area contributed by atoms with Crippen LogP contribution in [-0.4, -0.2) is 19.5 Å². The first kappa shape index (κ1) is 13.7. The highest BCUT2D eigenvalue weighted by Gasteiger charge is 2.18. The smallest absolute Gasteiger partial charge is 0.365 e. The van der Waals surface area contributed by atoms with Gasteiger partial charge in [-0.25, -0.2) is 4.79 Å². The van der Waals surface area contributed by atoms with Crippen LogP contribution in [0.25, 0.3) is 20.3 Å². The standard InChI is InChI=1S/C16H11N3O3S/c20-15-14-13(11-6-1-2-7-12(11)23-14)18(16(21)19(15)22)9-10-5-3-4-8-17-10/h1-8,22H,9H2. The Kier molecular flexibility index (Phi) is 3.02. The van der Waals surface area contributed by atoms with E-state index in [1.54, 1.807) is 18.3 Å². The Bertz CT molecular complexity index is 1140. The lowest BCUT2D eigenvalue weighted by Crippen LogP contribution is -2.38. The Morgan fingerprint density at radius 3 is 2.65 bits per heavy atom. The zero-order valence-electron chi connectivity index (χ0n) is 11.8. The Hall–Kier alpha value is -2.93. The molecule has 0 bridgehead atoms. The summed E-state index contributed by atoms with van der Waals surface area (Å²) in [4.78, 5) is 28.8. The molecule has 0 radical (unpaired) electrons. The molecule has 0 spiro atoms. The third-order valence-corrected chi connectivity index (χ3v) is 4.83. The maximum absolute atomic E-state index is 12.4. The molecule has 0 aliphatic rings. The van der Waals surface area contributed by atoms with Gasteiger partial charge in [0.1, 0.15) is 4.70 Å². The highest BCUT2D eigenvalue weighted by Crippen LogP contribution is 2.30. The predicted molar refractivity (Wildman–Crippen MR) is 88.4 cm³/mol. The fourth-order valence-electron chi connectivity index (χ4n) is 2.64. The summed E-state index contributed by atoms with van der Waals surface area (Å²) in [7, 11) is 0. The molecule has 23 heavy (non-hydrogen) atoms. The molecule has 0 aliphatic heterocycles. The van der Waals surface area contributed by atoms with Crippen LogP contribution in [0.5, 0.6) is 0 Å². The number of aromatic nitrogens is 3. The summed E-state index contributed by atoms with van der Waals surface area (Å²) in [6, 6.07) is 12.9. The minimum atomic E-state index is -0.767. The minimum absolute atomic E-state index is 0.167. The predicted octanol–water partition coefficient (Wildman–Crippen LogP) is 2.06. The van der Waals surface area contributed by atoms with Crippen molar-refractivity contribution >= 4 is 31.6 Å². The molecule has 3 aromatic heterocycles. The van der Waals surface area contributed by atoms with E-state index in [1.807, 2.05) is 30.3 Å². The van der Waals surface area contributed by atoms with Crippen molar-refractivity contribution in [2.75, 3.05) is 0 Å². The molecule has 0 fully saturated rings. The topological polar surface area (TPSA) is 77.1 Å². The van der Waals surface area contributed by atoms with E-state index >= 15 is 0 Å². The lowest BCUT2D eigenvalue weighted by molar-refractivity contribution is 0.158. The molecule has 0 amide bonds. The van der Waals surface area contributed by atoms with Gasteiger partial charge in [0.25, 0.3) is 0 Å². The molecule has 0 saturated heterocycles. The largest absolute Gasteiger partial charge is 0.421 e. The maximum Gasteiger partial charge on any atom is 0.365 e. The van der Waals surface area contributed by atoms with E-state index in [1.165, 1.54) is 15.9 Å². The fraction of sp³-hybridized carbons (Fsp3) is 0.0625. The van der Waals surface area contributed by atoms with Crippen molar-refractivity contribution in [3.63, 3.8) is 0 Å². The van der Waals surface area contributed by atoms with E-state index in [9.17, 15) is 14.8 Å². The fourth-order valence-corrected chi connectivity index (χ4v) is 3.77. The number of hydrogen-bond donors (Lipinski definition) is 1. The van der Waals surface area contributed by atoms with Crippen LogP contribution in [-0.2, 0) is 6.54 Å². The van der Waals surface area contributed by atoms with E-state index in [2.05, 4.69) is 4.98 Å². The van der Waals surface area contributed by atoms with Gasteiger partial charge in [-0.1, -0.05) is 29.0 Å². The molecule has 4 rings (SSSR count). The first-order valence-corrected chi connectivity index (χ1v) is 7.75. The van der Waals surface area contributed by atoms with Crippen LogP contribution in [0.2, 0.25) is 0 Å². The van der Waals surface area contributed by atoms with E-state index in [0.29, 0.717) is 15.9 Å². The number of thiophene rings is 1. The molecule has 0 aliphatic carbocycles. The van der Waals surface area contributed by atoms with E-state index < -0.39 is 11.2 Å². The summed E-state index contributed by atoms with van der Waals surface area (Å²) in [6.07, 6.45) is 1.64. The molecular weight excluding hydrogens is 314 g/mol. The number of benzene rings is 1. The summed E-state index contributed by atoms with van der Waals surface area (Å²) in [5.74, 6) is 0. The molecule has 0 unspecified atom stereocenters. The van der Waals surface area contributed by atoms with Gasteiger partial charge < -0.3 is 5.21 Å². The number of hydrogen-bond acceptors (Lipinski definition) is 5. The summed E-state index contributed by atoms with van der Waals surface area (Å²) >= 11 is 1.26. The lowest BCUT2D eigenvalue weighted by Gasteiger charge is -2.08. The van der Waals surface area contributed by atoms with Gasteiger partial charge in [-0.2, -0.15) is 0 Å². The van der Waals surface area contributed by atoms with Crippen molar-refractivity contribution < 1.29 is 5.21 Å². The first-order chi connectivity index (χ1) is 11.2. The molecule has 4 aromatic rings. The third-order valence-electron chi connectivity index (χ3n) is 3.68. The van der Waals surface area contributed by atoms with Crippen LogP contribution in [0.3, 0.4) is 0 Å². The molecule has 3 heterocycles. The normalized spacial score (nSPS) is 11.3. The second-order valence-corrected chi connectivity index (χ2v) is 6.13. The van der Waals surface area contributed by atoms with Crippen molar-refractivity contribution in [3.8, 4) is 0 Å². The number of pyridine rings is 1. The Labute approximate surface area is 133 Å². The quantitative estimate of drug-likeness (QED) is 0.572. The van der Waals surface area contributed by atoms with Crippen LogP contribution >= 0.6 is 11.3 Å². The Morgan fingerprint density at radius 2 is 1.87 bits per heavy atom. The van der Waals surface area contributed by atoms with E-state index in [4.69, 9.17) is 0 Å². The number of nitrogens with zero attached hydrogens (tertiary/aromatic N) is 3. The molecule has 0 atom stereocenters. The summed E-state index contributed by atoms with van der Waals surface area (Å²) in [5.41, 5.74) is -0.249. The third kappa shape index (κ3) is 2.05. The van der Waals surface area contributed by atoms with Crippen molar-refractivity contribution in [1.29, 1.82) is 0 Å². The van der Waals surface area contributed by atoms with Gasteiger partial charge in [0.05, 0.1) is 17.8 Å². The van der Waals surface area contributed by atoms with Crippen LogP contribution < -0.4 is 11.2 Å². The highest BCUT2D eigenvalue weighted by atomic mass is 32.1. The van der Waals surface area contributed by atoms with Gasteiger partial charge in [0.15, 0.2) is 0 Å². The molecule has 6 nitrogen and oxygen atoms in total. The van der Waals surface area contributed by atoms with Gasteiger partial charge in [-0.3, -0.25) is 14.3 Å². The van der Waals surface area contributed by atoms with Gasteiger partial charge in [-0.15, -0.1) is 11.3 Å². The summed E-state index contributed by atoms with van der Waals surface area (Å²) < 4.78 is 2.79. The average Bonchev–Trinajstić information content (AvgIpc) is 2.97. The zero-order valence-corrected chi connectivity index (χ0v) is 12.7. The van der Waals surface area contributed by atoms with Crippen molar-refractivity contribution in [1.82, 2.24) is 14.3 Å². The Balaban J connectivity index is 2.13. The monoisotopic (exact) mass is 325 g/mol.